The monoisotopic (exact) mass is 330 g/mol. The second-order valence-corrected chi connectivity index (χ2v) is 5.13. The third kappa shape index (κ3) is 4.41. The Balaban J connectivity index is 1.98. The van der Waals surface area contributed by atoms with Crippen LogP contribution in [-0.4, -0.2) is 33.9 Å². The highest BCUT2D eigenvalue weighted by molar-refractivity contribution is 5.93. The molecule has 0 fully saturated rings. The Labute approximate surface area is 142 Å². The number of hydrogen-bond donors (Lipinski definition) is 0. The Morgan fingerprint density at radius 3 is 2.12 bits per heavy atom. The van der Waals surface area contributed by atoms with Crippen LogP contribution < -0.4 is 14.2 Å². The predicted octanol–water partition coefficient (Wildman–Crippen LogP) is 3.50. The fourth-order valence-electron chi connectivity index (χ4n) is 2.35. The predicted molar refractivity (Wildman–Crippen MR) is 91.1 cm³/mol. The maximum absolute atomic E-state index is 12.3. The number of carbonyl (C=O) groups excluding carboxylic acids is 1. The van der Waals surface area contributed by atoms with Crippen LogP contribution in [-0.2, 0) is 11.2 Å². The van der Waals surface area contributed by atoms with E-state index in [-0.39, 0.29) is 0 Å². The fourth-order valence-corrected chi connectivity index (χ4v) is 2.35. The molecule has 24 heavy (non-hydrogen) atoms. The molecular formula is C19H22O5. The van der Waals surface area contributed by atoms with E-state index >= 15 is 0 Å². The van der Waals surface area contributed by atoms with Crippen LogP contribution in [0.4, 0.5) is 0 Å². The molecule has 0 saturated heterocycles. The zero-order valence-corrected chi connectivity index (χ0v) is 14.2. The molecular weight excluding hydrogens is 308 g/mol. The lowest BCUT2D eigenvalue weighted by Gasteiger charge is -2.13. The van der Waals surface area contributed by atoms with Crippen LogP contribution in [0.15, 0.2) is 42.5 Å². The molecule has 0 radical (unpaired) electrons. The number of hydrogen-bond acceptors (Lipinski definition) is 5. The zero-order valence-electron chi connectivity index (χ0n) is 14.2. The molecule has 0 aliphatic heterocycles. The van der Waals surface area contributed by atoms with Crippen molar-refractivity contribution in [3.63, 3.8) is 0 Å². The van der Waals surface area contributed by atoms with Crippen molar-refractivity contribution >= 4 is 5.97 Å². The minimum atomic E-state index is -0.444. The van der Waals surface area contributed by atoms with E-state index in [2.05, 4.69) is 12.1 Å². The minimum absolute atomic E-state index is 0.315. The second kappa shape index (κ2) is 8.82. The average Bonchev–Trinajstić information content (AvgIpc) is 2.64. The smallest absolute Gasteiger partial charge is 0.342 e. The van der Waals surface area contributed by atoms with Gasteiger partial charge in [0.1, 0.15) is 11.3 Å². The van der Waals surface area contributed by atoms with Gasteiger partial charge >= 0.3 is 5.97 Å². The SMILES string of the molecule is COc1cc(OC)c(C(=O)OCCCc2ccccc2)cc1OC. The van der Waals surface area contributed by atoms with Gasteiger partial charge in [-0.05, 0) is 18.4 Å². The summed E-state index contributed by atoms with van der Waals surface area (Å²) in [5.41, 5.74) is 1.53. The number of ether oxygens (including phenoxy) is 4. The van der Waals surface area contributed by atoms with Crippen molar-refractivity contribution in [2.75, 3.05) is 27.9 Å². The van der Waals surface area contributed by atoms with Crippen molar-refractivity contribution in [1.82, 2.24) is 0 Å². The van der Waals surface area contributed by atoms with Gasteiger partial charge in [-0.25, -0.2) is 4.79 Å². The largest absolute Gasteiger partial charge is 0.496 e. The van der Waals surface area contributed by atoms with Crippen molar-refractivity contribution in [1.29, 1.82) is 0 Å². The summed E-state index contributed by atoms with van der Waals surface area (Å²) in [6, 6.07) is 13.3. The van der Waals surface area contributed by atoms with E-state index in [4.69, 9.17) is 18.9 Å². The van der Waals surface area contributed by atoms with Gasteiger partial charge in [0.05, 0.1) is 27.9 Å². The molecule has 5 nitrogen and oxygen atoms in total. The first-order valence-electron chi connectivity index (χ1n) is 7.70. The maximum atomic E-state index is 12.3. The van der Waals surface area contributed by atoms with Crippen LogP contribution in [0.25, 0.3) is 0 Å². The van der Waals surface area contributed by atoms with Gasteiger partial charge in [-0.2, -0.15) is 0 Å². The molecule has 0 unspecified atom stereocenters. The van der Waals surface area contributed by atoms with E-state index in [1.807, 2.05) is 18.2 Å². The van der Waals surface area contributed by atoms with Gasteiger partial charge in [-0.15, -0.1) is 0 Å². The van der Waals surface area contributed by atoms with Crippen LogP contribution in [0.2, 0.25) is 0 Å². The Morgan fingerprint density at radius 2 is 1.50 bits per heavy atom. The summed E-state index contributed by atoms with van der Waals surface area (Å²) in [5, 5.41) is 0. The Hall–Kier alpha value is -2.69. The van der Waals surface area contributed by atoms with E-state index in [0.29, 0.717) is 29.4 Å². The summed E-state index contributed by atoms with van der Waals surface area (Å²) >= 11 is 0. The van der Waals surface area contributed by atoms with E-state index in [1.165, 1.54) is 26.9 Å². The maximum Gasteiger partial charge on any atom is 0.342 e. The molecule has 5 heteroatoms. The summed E-state index contributed by atoms with van der Waals surface area (Å²) in [6.45, 7) is 0.339. The van der Waals surface area contributed by atoms with Crippen LogP contribution >= 0.6 is 0 Å². The van der Waals surface area contributed by atoms with Crippen molar-refractivity contribution in [3.05, 3.63) is 53.6 Å². The van der Waals surface area contributed by atoms with Crippen LogP contribution in [0, 0.1) is 0 Å². The van der Waals surface area contributed by atoms with Gasteiger partial charge in [-0.3, -0.25) is 0 Å². The number of benzene rings is 2. The zero-order chi connectivity index (χ0) is 17.4. The fraction of sp³-hybridized carbons (Fsp3) is 0.316. The highest BCUT2D eigenvalue weighted by Crippen LogP contribution is 2.34. The topological polar surface area (TPSA) is 54.0 Å². The number of aryl methyl sites for hydroxylation is 1. The number of rotatable bonds is 8. The molecule has 128 valence electrons. The minimum Gasteiger partial charge on any atom is -0.496 e. The van der Waals surface area contributed by atoms with Crippen molar-refractivity contribution in [2.24, 2.45) is 0 Å². The Kier molecular flexibility index (Phi) is 6.49. The van der Waals surface area contributed by atoms with E-state index in [9.17, 15) is 4.79 Å². The molecule has 0 spiro atoms. The van der Waals surface area contributed by atoms with Gasteiger partial charge in [0.25, 0.3) is 0 Å². The third-order valence-corrected chi connectivity index (χ3v) is 3.61. The number of carbonyl (C=O) groups is 1. The molecule has 0 heterocycles. The van der Waals surface area contributed by atoms with E-state index in [1.54, 1.807) is 12.1 Å². The van der Waals surface area contributed by atoms with Gasteiger partial charge < -0.3 is 18.9 Å². The van der Waals surface area contributed by atoms with Gasteiger partial charge in [0.15, 0.2) is 11.5 Å². The van der Waals surface area contributed by atoms with Crippen LogP contribution in [0.1, 0.15) is 22.3 Å². The Morgan fingerprint density at radius 1 is 0.875 bits per heavy atom. The molecule has 2 aromatic rings. The molecule has 0 atom stereocenters. The summed E-state index contributed by atoms with van der Waals surface area (Å²) in [6.07, 6.45) is 1.61. The summed E-state index contributed by atoms with van der Waals surface area (Å²) in [4.78, 5) is 12.3. The lowest BCUT2D eigenvalue weighted by molar-refractivity contribution is 0.0496. The molecule has 0 saturated carbocycles. The first-order chi connectivity index (χ1) is 11.7. The highest BCUT2D eigenvalue weighted by atomic mass is 16.5. The number of esters is 1. The normalized spacial score (nSPS) is 10.1. The van der Waals surface area contributed by atoms with Crippen molar-refractivity contribution in [3.8, 4) is 17.2 Å². The molecule has 0 bridgehead atoms. The van der Waals surface area contributed by atoms with Crippen LogP contribution in [0.5, 0.6) is 17.2 Å². The third-order valence-electron chi connectivity index (χ3n) is 3.61. The average molecular weight is 330 g/mol. The van der Waals surface area contributed by atoms with Gasteiger partial charge in [0, 0.05) is 12.1 Å². The molecule has 0 aliphatic carbocycles. The van der Waals surface area contributed by atoms with Crippen molar-refractivity contribution in [2.45, 2.75) is 12.8 Å². The standard InChI is InChI=1S/C19H22O5/c1-21-16-13-18(23-3)17(22-2)12-15(16)19(20)24-11-7-10-14-8-5-4-6-9-14/h4-6,8-9,12-13H,7,10-11H2,1-3H3. The number of methoxy groups -OCH3 is 3. The molecule has 2 rings (SSSR count). The molecule has 0 amide bonds. The second-order valence-electron chi connectivity index (χ2n) is 5.13. The highest BCUT2D eigenvalue weighted by Gasteiger charge is 2.18. The quantitative estimate of drug-likeness (QED) is 0.548. The molecule has 0 aromatic heterocycles. The summed E-state index contributed by atoms with van der Waals surface area (Å²) in [7, 11) is 4.53. The summed E-state index contributed by atoms with van der Waals surface area (Å²) < 4.78 is 21.0. The lowest BCUT2D eigenvalue weighted by atomic mass is 10.1. The first kappa shape index (κ1) is 17.7. The molecule has 2 aromatic carbocycles. The van der Waals surface area contributed by atoms with E-state index in [0.717, 1.165) is 12.8 Å². The van der Waals surface area contributed by atoms with E-state index < -0.39 is 5.97 Å². The molecule has 0 aliphatic rings. The lowest BCUT2D eigenvalue weighted by Crippen LogP contribution is -2.09. The van der Waals surface area contributed by atoms with Crippen molar-refractivity contribution < 1.29 is 23.7 Å². The van der Waals surface area contributed by atoms with Gasteiger partial charge in [0.2, 0.25) is 0 Å². The Bertz CT molecular complexity index is 667. The van der Waals surface area contributed by atoms with Crippen LogP contribution in [0.3, 0.4) is 0 Å². The van der Waals surface area contributed by atoms with Gasteiger partial charge in [-0.1, -0.05) is 30.3 Å². The first-order valence-corrected chi connectivity index (χ1v) is 7.70. The molecule has 0 N–H and O–H groups in total. The summed E-state index contributed by atoms with van der Waals surface area (Å²) in [5.74, 6) is 0.895.